The van der Waals surface area contributed by atoms with E-state index >= 15 is 0 Å². The molecule has 2 aromatic carbocycles. The summed E-state index contributed by atoms with van der Waals surface area (Å²) in [5, 5.41) is 0. The van der Waals surface area contributed by atoms with Crippen molar-refractivity contribution in [3.05, 3.63) is 48.0 Å². The summed E-state index contributed by atoms with van der Waals surface area (Å²) in [7, 11) is 0.169. The van der Waals surface area contributed by atoms with Crippen LogP contribution < -0.4 is 9.64 Å². The second-order valence-corrected chi connectivity index (χ2v) is 11.3. The van der Waals surface area contributed by atoms with E-state index in [1.54, 1.807) is 25.4 Å². The van der Waals surface area contributed by atoms with Gasteiger partial charge in [0.15, 0.2) is 0 Å². The number of nitrogens with zero attached hydrogens (tertiary/aromatic N) is 2. The topological polar surface area (TPSA) is 82.5 Å². The highest BCUT2D eigenvalue weighted by molar-refractivity contribution is 8.22. The van der Waals surface area contributed by atoms with Crippen LogP contribution in [0.2, 0.25) is 0 Å². The molecule has 2 aromatic rings. The first-order valence-electron chi connectivity index (χ1n) is 11.6. The van der Waals surface area contributed by atoms with Gasteiger partial charge in [-0.2, -0.15) is 0 Å². The maximum Gasteiger partial charge on any atom is 0.315 e. The van der Waals surface area contributed by atoms with Crippen molar-refractivity contribution in [3.63, 3.8) is 0 Å². The van der Waals surface area contributed by atoms with Gasteiger partial charge in [-0.1, -0.05) is 38.0 Å². The smallest absolute Gasteiger partial charge is 0.315 e. The first-order valence-corrected chi connectivity index (χ1v) is 14.3. The molecule has 0 bridgehead atoms. The van der Waals surface area contributed by atoms with E-state index in [2.05, 4.69) is 11.8 Å². The quantitative estimate of drug-likeness (QED) is 0.369. The minimum Gasteiger partial charge on any atom is -0.496 e. The predicted molar refractivity (Wildman–Crippen MR) is 141 cm³/mol. The fraction of sp³-hybridized carbons (Fsp3) is 0.480. The van der Waals surface area contributed by atoms with Crippen molar-refractivity contribution in [2.75, 3.05) is 38.0 Å². The molecule has 0 amide bonds. The highest BCUT2D eigenvalue weighted by Gasteiger charge is 2.37. The number of esters is 1. The number of para-hydroxylation sites is 1. The number of methoxy groups -OCH3 is 1. The Hall–Kier alpha value is -1.91. The maximum absolute atomic E-state index is 11.8. The van der Waals surface area contributed by atoms with Crippen molar-refractivity contribution in [1.29, 1.82) is 0 Å². The number of thioether (sulfide) groups is 1. The van der Waals surface area contributed by atoms with E-state index in [4.69, 9.17) is 9.47 Å². The average Bonchev–Trinajstić information content (AvgIpc) is 2.91. The first kappa shape index (κ1) is 26.7. The van der Waals surface area contributed by atoms with Gasteiger partial charge >= 0.3 is 5.97 Å². The number of unbranched alkanes of at least 4 members (excludes halogenated alkanes) is 1. The van der Waals surface area contributed by atoms with Crippen molar-refractivity contribution in [2.24, 2.45) is 0 Å². The molecule has 34 heavy (non-hydrogen) atoms. The molecule has 1 aliphatic rings. The number of carbonyl (C=O) groups excluding carboxylic acids is 1. The van der Waals surface area contributed by atoms with Crippen molar-refractivity contribution >= 4 is 39.9 Å². The lowest BCUT2D eigenvalue weighted by molar-refractivity contribution is -0.139. The summed E-state index contributed by atoms with van der Waals surface area (Å²) in [6.45, 7) is 4.90. The Labute approximate surface area is 208 Å². The third kappa shape index (κ3) is 6.01. The molecule has 7 nitrogen and oxygen atoms in total. The minimum atomic E-state index is -3.24. The fourth-order valence-electron chi connectivity index (χ4n) is 4.12. The number of fused-ring (bicyclic) bond motifs is 1. The van der Waals surface area contributed by atoms with E-state index in [1.807, 2.05) is 42.5 Å². The molecule has 9 heteroatoms. The molecule has 1 atom stereocenters. The highest BCUT2D eigenvalue weighted by Crippen LogP contribution is 2.59. The summed E-state index contributed by atoms with van der Waals surface area (Å²) in [5.74, 6) is 1.10. The maximum atomic E-state index is 11.8. The number of anilines is 2. The van der Waals surface area contributed by atoms with E-state index in [1.165, 1.54) is 11.8 Å². The molecule has 0 spiro atoms. The van der Waals surface area contributed by atoms with Gasteiger partial charge in [0.2, 0.25) is 0 Å². The Morgan fingerprint density at radius 3 is 2.59 bits per heavy atom. The number of benzene rings is 2. The van der Waals surface area contributed by atoms with Crippen LogP contribution >= 0.6 is 22.5 Å². The molecule has 3 rings (SSSR count). The summed E-state index contributed by atoms with van der Waals surface area (Å²) in [6, 6.07) is 13.7. The zero-order valence-corrected chi connectivity index (χ0v) is 22.0. The van der Waals surface area contributed by atoms with E-state index in [-0.39, 0.29) is 17.8 Å². The Morgan fingerprint density at radius 2 is 1.94 bits per heavy atom. The number of likely N-dealkylation sites (N-methyl/N-ethyl adjacent to an activating group) is 1. The lowest BCUT2D eigenvalue weighted by atomic mass is 10.1. The summed E-state index contributed by atoms with van der Waals surface area (Å²) in [6.07, 6.45) is 2.90. The standard InChI is InChI=1S/C25H36N2O5S2/c1-5-7-11-21-16-27(20-12-9-8-10-13-20)22-15-23(31-4)19(17-33-18-25(28)32-6-2)14-24(22)34(29,30)26(21)3/h8-10,12-15,21,29-30H,5-7,11,16-18H2,1-4H3. The van der Waals surface area contributed by atoms with E-state index in [0.717, 1.165) is 36.2 Å². The van der Waals surface area contributed by atoms with Gasteiger partial charge < -0.3 is 14.4 Å². The van der Waals surface area contributed by atoms with Crippen LogP contribution in [0.15, 0.2) is 47.4 Å². The number of carbonyl (C=O) groups is 1. The summed E-state index contributed by atoms with van der Waals surface area (Å²) in [5.41, 5.74) is 2.53. The van der Waals surface area contributed by atoms with Crippen LogP contribution in [0.4, 0.5) is 11.4 Å². The Morgan fingerprint density at radius 1 is 1.21 bits per heavy atom. The molecule has 0 aromatic heterocycles. The van der Waals surface area contributed by atoms with Crippen LogP contribution in [0.1, 0.15) is 38.7 Å². The number of ether oxygens (including phenoxy) is 2. The Kier molecular flexibility index (Phi) is 9.56. The second-order valence-electron chi connectivity index (χ2n) is 8.24. The molecular weight excluding hydrogens is 472 g/mol. The Bertz CT molecular complexity index is 958. The van der Waals surface area contributed by atoms with E-state index in [9.17, 15) is 13.9 Å². The molecule has 1 heterocycles. The van der Waals surface area contributed by atoms with Crippen molar-refractivity contribution < 1.29 is 23.4 Å². The van der Waals surface area contributed by atoms with Gasteiger partial charge in [0, 0.05) is 42.7 Å². The molecule has 0 aliphatic carbocycles. The van der Waals surface area contributed by atoms with Crippen molar-refractivity contribution in [3.8, 4) is 5.75 Å². The van der Waals surface area contributed by atoms with Gasteiger partial charge in [-0.3, -0.25) is 13.9 Å². The normalized spacial score (nSPS) is 18.6. The van der Waals surface area contributed by atoms with Crippen LogP contribution in [0.5, 0.6) is 5.75 Å². The first-order chi connectivity index (χ1) is 16.3. The van der Waals surface area contributed by atoms with Gasteiger partial charge in [-0.25, -0.2) is 4.31 Å². The fourth-order valence-corrected chi connectivity index (χ4v) is 6.57. The second kappa shape index (κ2) is 12.2. The number of rotatable bonds is 10. The summed E-state index contributed by atoms with van der Waals surface area (Å²) < 4.78 is 35.5. The molecule has 0 fully saturated rings. The largest absolute Gasteiger partial charge is 0.496 e. The lowest BCUT2D eigenvalue weighted by Gasteiger charge is -2.43. The molecule has 0 radical (unpaired) electrons. The number of hydrogen-bond acceptors (Lipinski definition) is 8. The summed E-state index contributed by atoms with van der Waals surface area (Å²) in [4.78, 5) is 14.4. The molecule has 1 unspecified atom stereocenters. The van der Waals surface area contributed by atoms with Gasteiger partial charge in [0.25, 0.3) is 0 Å². The zero-order chi connectivity index (χ0) is 24.7. The SMILES string of the molecule is CCCCC1CN(c2ccccc2)c2cc(OC)c(CSCC(=O)OCC)cc2S(O)(O)N1C. The molecule has 0 saturated heterocycles. The third-order valence-corrected chi connectivity index (χ3v) is 8.97. The van der Waals surface area contributed by atoms with E-state index in [0.29, 0.717) is 29.5 Å². The van der Waals surface area contributed by atoms with Gasteiger partial charge in [0.05, 0.1) is 30.1 Å². The van der Waals surface area contributed by atoms with Crippen LogP contribution in [0, 0.1) is 0 Å². The van der Waals surface area contributed by atoms with Crippen molar-refractivity contribution in [1.82, 2.24) is 4.31 Å². The highest BCUT2D eigenvalue weighted by atomic mass is 32.3. The number of hydrogen-bond donors (Lipinski definition) is 2. The van der Waals surface area contributed by atoms with E-state index < -0.39 is 10.8 Å². The third-order valence-electron chi connectivity index (χ3n) is 6.00. The molecule has 0 saturated carbocycles. The lowest BCUT2D eigenvalue weighted by Crippen LogP contribution is -2.39. The monoisotopic (exact) mass is 508 g/mol. The zero-order valence-electron chi connectivity index (χ0n) is 20.4. The van der Waals surface area contributed by atoms with Crippen LogP contribution in [-0.2, 0) is 15.3 Å². The van der Waals surface area contributed by atoms with Crippen LogP contribution in [0.25, 0.3) is 0 Å². The average molecular weight is 509 g/mol. The summed E-state index contributed by atoms with van der Waals surface area (Å²) >= 11 is 1.41. The van der Waals surface area contributed by atoms with Crippen LogP contribution in [-0.4, -0.2) is 58.5 Å². The minimum absolute atomic E-state index is 0.0369. The van der Waals surface area contributed by atoms with Gasteiger partial charge in [-0.05, 0) is 31.5 Å². The molecule has 1 aliphatic heterocycles. The predicted octanol–water partition coefficient (Wildman–Crippen LogP) is 6.16. The Balaban J connectivity index is 2.06. The van der Waals surface area contributed by atoms with Crippen molar-refractivity contribution in [2.45, 2.75) is 49.8 Å². The molecule has 188 valence electrons. The van der Waals surface area contributed by atoms with Crippen LogP contribution in [0.3, 0.4) is 0 Å². The molecular formula is C25H36N2O5S2. The van der Waals surface area contributed by atoms with Gasteiger partial charge in [0.1, 0.15) is 5.75 Å². The van der Waals surface area contributed by atoms with Gasteiger partial charge in [-0.15, -0.1) is 22.5 Å². The molecule has 2 N–H and O–H groups in total.